The van der Waals surface area contributed by atoms with Gasteiger partial charge in [-0.25, -0.2) is 0 Å². The van der Waals surface area contributed by atoms with E-state index >= 15 is 0 Å². The molecule has 11 heavy (non-hydrogen) atoms. The second-order valence-electron chi connectivity index (χ2n) is 3.03. The molecule has 2 atom stereocenters. The molecule has 2 unspecified atom stereocenters. The quantitative estimate of drug-likeness (QED) is 0.632. The van der Waals surface area contributed by atoms with Gasteiger partial charge < -0.3 is 4.74 Å². The van der Waals surface area contributed by atoms with Crippen molar-refractivity contribution in [3.63, 3.8) is 0 Å². The molecule has 2 nitrogen and oxygen atoms in total. The van der Waals surface area contributed by atoms with Gasteiger partial charge in [0.25, 0.3) is 0 Å². The number of nitrogens with zero attached hydrogens (tertiary/aromatic N) is 1. The highest BCUT2D eigenvalue weighted by Crippen LogP contribution is 2.36. The van der Waals surface area contributed by atoms with Gasteiger partial charge in [0.05, 0.1) is 12.2 Å². The summed E-state index contributed by atoms with van der Waals surface area (Å²) in [5, 5.41) is 8.81. The summed E-state index contributed by atoms with van der Waals surface area (Å²) >= 11 is 3.43. The third kappa shape index (κ3) is 2.18. The van der Waals surface area contributed by atoms with Gasteiger partial charge in [0.15, 0.2) is 0 Å². The zero-order chi connectivity index (χ0) is 8.32. The van der Waals surface area contributed by atoms with Crippen molar-refractivity contribution in [3.05, 3.63) is 0 Å². The van der Waals surface area contributed by atoms with Crippen LogP contribution in [0.4, 0.5) is 0 Å². The molecule has 1 saturated carbocycles. The number of hydrogen-bond acceptors (Lipinski definition) is 2. The van der Waals surface area contributed by atoms with Crippen LogP contribution in [0.1, 0.15) is 25.7 Å². The van der Waals surface area contributed by atoms with Crippen molar-refractivity contribution >= 4 is 15.9 Å². The van der Waals surface area contributed by atoms with Gasteiger partial charge in [0.2, 0.25) is 0 Å². The average molecular weight is 218 g/mol. The van der Waals surface area contributed by atoms with E-state index in [1.165, 1.54) is 0 Å². The lowest BCUT2D eigenvalue weighted by molar-refractivity contribution is 0.0665. The maximum Gasteiger partial charge on any atom is 0.114 e. The normalized spacial score (nSPS) is 38.1. The lowest BCUT2D eigenvalue weighted by Crippen LogP contribution is -2.31. The molecule has 0 bridgehead atoms. The summed E-state index contributed by atoms with van der Waals surface area (Å²) in [6.07, 6.45) is 4.20. The summed E-state index contributed by atoms with van der Waals surface area (Å²) in [7, 11) is 1.71. The zero-order valence-corrected chi connectivity index (χ0v) is 8.23. The van der Waals surface area contributed by atoms with Crippen LogP contribution in [0.15, 0.2) is 0 Å². The van der Waals surface area contributed by atoms with Crippen LogP contribution in [0.3, 0.4) is 0 Å². The fourth-order valence-electron chi connectivity index (χ4n) is 1.48. The first-order valence-corrected chi connectivity index (χ1v) is 4.62. The van der Waals surface area contributed by atoms with Gasteiger partial charge in [-0.2, -0.15) is 5.26 Å². The smallest absolute Gasteiger partial charge is 0.114 e. The number of halogens is 1. The van der Waals surface area contributed by atoms with Crippen LogP contribution in [-0.4, -0.2) is 17.5 Å². The summed E-state index contributed by atoms with van der Waals surface area (Å²) in [5.74, 6) is 0. The van der Waals surface area contributed by atoms with Gasteiger partial charge in [-0.15, -0.1) is 0 Å². The van der Waals surface area contributed by atoms with E-state index < -0.39 is 0 Å². The summed E-state index contributed by atoms with van der Waals surface area (Å²) in [5.41, 5.74) is 0. The molecular weight excluding hydrogens is 206 g/mol. The van der Waals surface area contributed by atoms with Gasteiger partial charge in [0, 0.05) is 13.5 Å². The maximum atomic E-state index is 8.81. The van der Waals surface area contributed by atoms with Gasteiger partial charge in [-0.1, -0.05) is 15.9 Å². The van der Waals surface area contributed by atoms with E-state index in [1.807, 2.05) is 0 Å². The van der Waals surface area contributed by atoms with Crippen molar-refractivity contribution in [3.8, 4) is 6.07 Å². The molecule has 0 amide bonds. The van der Waals surface area contributed by atoms with Gasteiger partial charge in [-0.05, 0) is 19.3 Å². The SMILES string of the molecule is COC1CCCC(Br)(C#N)C1. The van der Waals surface area contributed by atoms with Crippen LogP contribution < -0.4 is 0 Å². The van der Waals surface area contributed by atoms with E-state index in [2.05, 4.69) is 22.0 Å². The lowest BCUT2D eigenvalue weighted by Gasteiger charge is -2.30. The fraction of sp³-hybridized carbons (Fsp3) is 0.875. The second kappa shape index (κ2) is 3.55. The van der Waals surface area contributed by atoms with Crippen LogP contribution in [0.2, 0.25) is 0 Å². The molecule has 1 fully saturated rings. The van der Waals surface area contributed by atoms with E-state index in [9.17, 15) is 0 Å². The van der Waals surface area contributed by atoms with E-state index in [0.29, 0.717) is 0 Å². The van der Waals surface area contributed by atoms with Crippen molar-refractivity contribution in [2.45, 2.75) is 36.1 Å². The number of methoxy groups -OCH3 is 1. The Morgan fingerprint density at radius 3 is 3.00 bits per heavy atom. The standard InChI is InChI=1S/C8H12BrNO/c1-11-7-3-2-4-8(9,5-7)6-10/h7H,2-5H2,1H3. The van der Waals surface area contributed by atoms with Crippen molar-refractivity contribution < 1.29 is 4.74 Å². The number of rotatable bonds is 1. The minimum atomic E-state index is -0.314. The number of hydrogen-bond donors (Lipinski definition) is 0. The first kappa shape index (κ1) is 9.02. The second-order valence-corrected chi connectivity index (χ2v) is 4.55. The molecule has 0 aliphatic heterocycles. The Hall–Kier alpha value is -0.0700. The highest BCUT2D eigenvalue weighted by atomic mass is 79.9. The van der Waals surface area contributed by atoms with E-state index in [-0.39, 0.29) is 10.4 Å². The number of nitriles is 1. The molecular formula is C8H12BrNO. The Kier molecular flexibility index (Phi) is 2.91. The average Bonchev–Trinajstić information content (AvgIpc) is 2.05. The van der Waals surface area contributed by atoms with Crippen LogP contribution in [0.5, 0.6) is 0 Å². The Bertz CT molecular complexity index is 177. The van der Waals surface area contributed by atoms with Crippen LogP contribution in [0, 0.1) is 11.3 Å². The predicted molar refractivity (Wildman–Crippen MR) is 46.5 cm³/mol. The van der Waals surface area contributed by atoms with Crippen LogP contribution >= 0.6 is 15.9 Å². The third-order valence-electron chi connectivity index (χ3n) is 2.18. The molecule has 1 aliphatic carbocycles. The molecule has 62 valence electrons. The minimum Gasteiger partial charge on any atom is -0.381 e. The molecule has 0 radical (unpaired) electrons. The summed E-state index contributed by atoms with van der Waals surface area (Å²) in [6, 6.07) is 2.28. The zero-order valence-electron chi connectivity index (χ0n) is 6.64. The fourth-order valence-corrected chi connectivity index (χ4v) is 2.12. The van der Waals surface area contributed by atoms with E-state index in [1.54, 1.807) is 7.11 Å². The summed E-state index contributed by atoms with van der Waals surface area (Å²) < 4.78 is 4.89. The van der Waals surface area contributed by atoms with Crippen LogP contribution in [0.25, 0.3) is 0 Å². The maximum absolute atomic E-state index is 8.81. The molecule has 1 rings (SSSR count). The van der Waals surface area contributed by atoms with Gasteiger partial charge in [-0.3, -0.25) is 0 Å². The molecule has 0 aromatic rings. The molecule has 0 aromatic carbocycles. The largest absolute Gasteiger partial charge is 0.381 e. The molecule has 0 aromatic heterocycles. The van der Waals surface area contributed by atoms with Gasteiger partial charge >= 0.3 is 0 Å². The third-order valence-corrected chi connectivity index (χ3v) is 3.08. The Morgan fingerprint density at radius 1 is 1.73 bits per heavy atom. The summed E-state index contributed by atoms with van der Waals surface area (Å²) in [6.45, 7) is 0. The Morgan fingerprint density at radius 2 is 2.45 bits per heavy atom. The molecule has 3 heteroatoms. The molecule has 1 aliphatic rings. The highest BCUT2D eigenvalue weighted by Gasteiger charge is 2.33. The number of ether oxygens (including phenoxy) is 1. The first-order chi connectivity index (χ1) is 5.20. The molecule has 0 saturated heterocycles. The predicted octanol–water partition coefficient (Wildman–Crippen LogP) is 2.23. The molecule has 0 heterocycles. The molecule has 0 N–H and O–H groups in total. The van der Waals surface area contributed by atoms with Crippen molar-refractivity contribution in [2.24, 2.45) is 0 Å². The van der Waals surface area contributed by atoms with E-state index in [4.69, 9.17) is 10.00 Å². The van der Waals surface area contributed by atoms with Gasteiger partial charge in [0.1, 0.15) is 4.32 Å². The summed E-state index contributed by atoms with van der Waals surface area (Å²) in [4.78, 5) is 0. The Labute approximate surface area is 75.7 Å². The minimum absolute atomic E-state index is 0.266. The van der Waals surface area contributed by atoms with Crippen LogP contribution in [-0.2, 0) is 4.74 Å². The number of alkyl halides is 1. The van der Waals surface area contributed by atoms with E-state index in [0.717, 1.165) is 25.7 Å². The van der Waals surface area contributed by atoms with Crippen molar-refractivity contribution in [1.82, 2.24) is 0 Å². The first-order valence-electron chi connectivity index (χ1n) is 3.83. The Balaban J connectivity index is 2.53. The monoisotopic (exact) mass is 217 g/mol. The molecule has 0 spiro atoms. The topological polar surface area (TPSA) is 33.0 Å². The van der Waals surface area contributed by atoms with Crippen molar-refractivity contribution in [2.75, 3.05) is 7.11 Å². The lowest BCUT2D eigenvalue weighted by atomic mass is 9.88. The highest BCUT2D eigenvalue weighted by molar-refractivity contribution is 9.10. The van der Waals surface area contributed by atoms with Crippen molar-refractivity contribution in [1.29, 1.82) is 5.26 Å².